The highest BCUT2D eigenvalue weighted by molar-refractivity contribution is 5.20. The molecule has 1 saturated carbocycles. The molecular weight excluding hydrogens is 246 g/mol. The summed E-state index contributed by atoms with van der Waals surface area (Å²) in [5, 5.41) is 3.37. The van der Waals surface area contributed by atoms with Gasteiger partial charge in [-0.2, -0.15) is 0 Å². The van der Waals surface area contributed by atoms with E-state index in [-0.39, 0.29) is 5.60 Å². The summed E-state index contributed by atoms with van der Waals surface area (Å²) in [7, 11) is 2.06. The molecule has 0 radical (unpaired) electrons. The summed E-state index contributed by atoms with van der Waals surface area (Å²) >= 11 is 0. The van der Waals surface area contributed by atoms with E-state index in [4.69, 9.17) is 4.74 Å². The fourth-order valence-corrected chi connectivity index (χ4v) is 3.96. The van der Waals surface area contributed by atoms with Crippen molar-refractivity contribution in [3.8, 4) is 0 Å². The number of benzene rings is 1. The van der Waals surface area contributed by atoms with E-state index in [0.717, 1.165) is 19.1 Å². The molecule has 2 atom stereocenters. The van der Waals surface area contributed by atoms with Crippen LogP contribution in [-0.2, 0) is 4.74 Å². The Morgan fingerprint density at radius 2 is 2.10 bits per heavy atom. The molecule has 20 heavy (non-hydrogen) atoms. The third-order valence-electron chi connectivity index (χ3n) is 5.20. The molecule has 1 aliphatic carbocycles. The third-order valence-corrected chi connectivity index (χ3v) is 5.20. The Balaban J connectivity index is 1.64. The largest absolute Gasteiger partial charge is 0.375 e. The van der Waals surface area contributed by atoms with Crippen LogP contribution in [0.3, 0.4) is 0 Å². The quantitative estimate of drug-likeness (QED) is 0.882. The van der Waals surface area contributed by atoms with Crippen LogP contribution in [-0.4, -0.2) is 25.8 Å². The van der Waals surface area contributed by atoms with Crippen LogP contribution < -0.4 is 5.32 Å². The first kappa shape index (κ1) is 14.1. The smallest absolute Gasteiger partial charge is 0.0685 e. The van der Waals surface area contributed by atoms with Gasteiger partial charge >= 0.3 is 0 Å². The Morgan fingerprint density at radius 1 is 1.30 bits per heavy atom. The topological polar surface area (TPSA) is 21.3 Å². The second-order valence-corrected chi connectivity index (χ2v) is 6.64. The first-order chi connectivity index (χ1) is 9.81. The molecule has 2 unspecified atom stereocenters. The van der Waals surface area contributed by atoms with Crippen molar-refractivity contribution in [3.05, 3.63) is 35.9 Å². The Hall–Kier alpha value is -0.860. The first-order valence-electron chi connectivity index (χ1n) is 8.15. The fraction of sp³-hybridized carbons (Fsp3) is 0.667. The van der Waals surface area contributed by atoms with Gasteiger partial charge in [0.2, 0.25) is 0 Å². The molecule has 2 heteroatoms. The van der Waals surface area contributed by atoms with Crippen molar-refractivity contribution in [2.75, 3.05) is 20.2 Å². The van der Waals surface area contributed by atoms with Crippen molar-refractivity contribution in [1.82, 2.24) is 5.32 Å². The molecule has 2 aliphatic rings. The van der Waals surface area contributed by atoms with E-state index >= 15 is 0 Å². The molecule has 1 aromatic carbocycles. The van der Waals surface area contributed by atoms with Crippen LogP contribution >= 0.6 is 0 Å². The molecule has 0 bridgehead atoms. The van der Waals surface area contributed by atoms with E-state index in [0.29, 0.717) is 5.92 Å². The molecule has 110 valence electrons. The van der Waals surface area contributed by atoms with Gasteiger partial charge in [-0.15, -0.1) is 0 Å². The molecule has 1 saturated heterocycles. The maximum Gasteiger partial charge on any atom is 0.0685 e. The molecular formula is C18H27NO. The van der Waals surface area contributed by atoms with Gasteiger partial charge in [-0.05, 0) is 63.0 Å². The van der Waals surface area contributed by atoms with Gasteiger partial charge in [-0.1, -0.05) is 30.3 Å². The Labute approximate surface area is 122 Å². The summed E-state index contributed by atoms with van der Waals surface area (Å²) in [6.07, 6.45) is 7.80. The predicted octanol–water partition coefficient (Wildman–Crippen LogP) is 3.73. The zero-order valence-corrected chi connectivity index (χ0v) is 12.6. The lowest BCUT2D eigenvalue weighted by molar-refractivity contribution is -0.144. The Bertz CT molecular complexity index is 413. The van der Waals surface area contributed by atoms with Crippen LogP contribution in [0.1, 0.15) is 50.0 Å². The van der Waals surface area contributed by atoms with Crippen molar-refractivity contribution in [2.45, 2.75) is 50.0 Å². The van der Waals surface area contributed by atoms with Crippen molar-refractivity contribution in [3.63, 3.8) is 0 Å². The minimum atomic E-state index is 0.282. The highest BCUT2D eigenvalue weighted by Crippen LogP contribution is 2.46. The van der Waals surface area contributed by atoms with Gasteiger partial charge in [0.15, 0.2) is 0 Å². The van der Waals surface area contributed by atoms with E-state index in [2.05, 4.69) is 42.7 Å². The van der Waals surface area contributed by atoms with Crippen LogP contribution in [0.25, 0.3) is 0 Å². The lowest BCUT2D eigenvalue weighted by atomic mass is 9.70. The number of hydrogen-bond acceptors (Lipinski definition) is 2. The average Bonchev–Trinajstić information content (AvgIpc) is 2.46. The van der Waals surface area contributed by atoms with Gasteiger partial charge in [0, 0.05) is 13.2 Å². The van der Waals surface area contributed by atoms with E-state index in [1.807, 2.05) is 0 Å². The van der Waals surface area contributed by atoms with E-state index in [1.54, 1.807) is 0 Å². The lowest BCUT2D eigenvalue weighted by Crippen LogP contribution is -2.45. The lowest BCUT2D eigenvalue weighted by Gasteiger charge is -2.47. The van der Waals surface area contributed by atoms with Crippen LogP contribution in [0.2, 0.25) is 0 Å². The predicted molar refractivity (Wildman–Crippen MR) is 83.0 cm³/mol. The molecule has 1 heterocycles. The second kappa shape index (κ2) is 6.28. The van der Waals surface area contributed by atoms with Crippen LogP contribution in [0.15, 0.2) is 30.3 Å². The minimum Gasteiger partial charge on any atom is -0.375 e. The number of ether oxygens (including phenoxy) is 1. The van der Waals surface area contributed by atoms with Crippen LogP contribution in [0.4, 0.5) is 0 Å². The van der Waals surface area contributed by atoms with Gasteiger partial charge < -0.3 is 10.1 Å². The number of likely N-dealkylation sites (N-methyl/N-ethyl adjacent to an activating group) is 1. The van der Waals surface area contributed by atoms with Gasteiger partial charge in [0.05, 0.1) is 5.60 Å². The third kappa shape index (κ3) is 3.07. The highest BCUT2D eigenvalue weighted by atomic mass is 16.5. The number of rotatable bonds is 5. The Morgan fingerprint density at radius 3 is 2.75 bits per heavy atom. The molecule has 1 aromatic rings. The normalized spacial score (nSPS) is 26.1. The Kier molecular flexibility index (Phi) is 4.42. The molecule has 0 aromatic heterocycles. The maximum atomic E-state index is 6.06. The van der Waals surface area contributed by atoms with Gasteiger partial charge in [-0.3, -0.25) is 0 Å². The summed E-state index contributed by atoms with van der Waals surface area (Å²) in [6, 6.07) is 11.0. The molecule has 0 amide bonds. The van der Waals surface area contributed by atoms with E-state index in [1.165, 1.54) is 44.1 Å². The summed E-state index contributed by atoms with van der Waals surface area (Å²) in [4.78, 5) is 0. The minimum absolute atomic E-state index is 0.282. The van der Waals surface area contributed by atoms with E-state index in [9.17, 15) is 0 Å². The standard InChI is InChI=1S/C18H27NO/c1-19-14-17(16-6-3-2-4-7-16)12-15-8-11-20-18(13-15)9-5-10-18/h2-4,6-7,15,17,19H,5,8-14H2,1H3. The fourth-order valence-electron chi connectivity index (χ4n) is 3.96. The zero-order chi connectivity index (χ0) is 13.8. The SMILES string of the molecule is CNCC(CC1CCOC2(CCC2)C1)c1ccccc1. The van der Waals surface area contributed by atoms with Gasteiger partial charge in [-0.25, -0.2) is 0 Å². The monoisotopic (exact) mass is 273 g/mol. The number of hydrogen-bond donors (Lipinski definition) is 1. The highest BCUT2D eigenvalue weighted by Gasteiger charge is 2.42. The van der Waals surface area contributed by atoms with Crippen molar-refractivity contribution < 1.29 is 4.74 Å². The molecule has 1 spiro atoms. The molecule has 2 nitrogen and oxygen atoms in total. The molecule has 1 N–H and O–H groups in total. The van der Waals surface area contributed by atoms with E-state index < -0.39 is 0 Å². The summed E-state index contributed by atoms with van der Waals surface area (Å²) in [5.41, 5.74) is 1.76. The summed E-state index contributed by atoms with van der Waals surface area (Å²) < 4.78 is 6.06. The van der Waals surface area contributed by atoms with Crippen molar-refractivity contribution >= 4 is 0 Å². The second-order valence-electron chi connectivity index (χ2n) is 6.64. The van der Waals surface area contributed by atoms with Gasteiger partial charge in [0.25, 0.3) is 0 Å². The first-order valence-corrected chi connectivity index (χ1v) is 8.15. The average molecular weight is 273 g/mol. The summed E-state index contributed by atoms with van der Waals surface area (Å²) in [5.74, 6) is 1.48. The van der Waals surface area contributed by atoms with Crippen LogP contribution in [0.5, 0.6) is 0 Å². The number of nitrogens with one attached hydrogen (secondary N) is 1. The van der Waals surface area contributed by atoms with Gasteiger partial charge in [0.1, 0.15) is 0 Å². The zero-order valence-electron chi connectivity index (χ0n) is 12.6. The van der Waals surface area contributed by atoms with Crippen molar-refractivity contribution in [1.29, 1.82) is 0 Å². The molecule has 1 aliphatic heterocycles. The summed E-state index contributed by atoms with van der Waals surface area (Å²) in [6.45, 7) is 2.06. The molecule has 2 fully saturated rings. The van der Waals surface area contributed by atoms with Crippen molar-refractivity contribution in [2.24, 2.45) is 5.92 Å². The maximum absolute atomic E-state index is 6.06. The van der Waals surface area contributed by atoms with Crippen LogP contribution in [0, 0.1) is 5.92 Å². The molecule has 3 rings (SSSR count).